The maximum Gasteiger partial charge on any atom is 0.414 e. The molecule has 1 atom stereocenters. The molecule has 2 amide bonds. The number of anilines is 1. The van der Waals surface area contributed by atoms with Gasteiger partial charge in [0, 0.05) is 30.8 Å². The van der Waals surface area contributed by atoms with E-state index in [4.69, 9.17) is 4.74 Å². The summed E-state index contributed by atoms with van der Waals surface area (Å²) in [5, 5.41) is 5.70. The van der Waals surface area contributed by atoms with Gasteiger partial charge in [-0.05, 0) is 24.3 Å². The standard InChI is InChI=1S/C21H24FN7O3/c1-13(30)25-11-17-12-29(21(31)32-17)16-4-5-18(19(22)8-16)14-2-3-15(26-9-14)10-27-28-20-23-6-7-24-20/h2-5,8-9,17,27H,6-7,10-12H2,1H3,(H,25,30)(H2,23,24,28). The number of hydrazine groups is 1. The third kappa shape index (κ3) is 5.11. The van der Waals surface area contributed by atoms with Gasteiger partial charge in [0.25, 0.3) is 0 Å². The van der Waals surface area contributed by atoms with Crippen LogP contribution in [0.4, 0.5) is 14.9 Å². The number of aliphatic imine (C=N–C) groups is 1. The summed E-state index contributed by atoms with van der Waals surface area (Å²) in [6.07, 6.45) is 0.553. The van der Waals surface area contributed by atoms with Gasteiger partial charge in [-0.25, -0.2) is 14.6 Å². The summed E-state index contributed by atoms with van der Waals surface area (Å²) >= 11 is 0. The first-order valence-corrected chi connectivity index (χ1v) is 10.2. The molecule has 10 nitrogen and oxygen atoms in total. The zero-order chi connectivity index (χ0) is 22.5. The highest BCUT2D eigenvalue weighted by Crippen LogP contribution is 2.28. The minimum atomic E-state index is -0.571. The van der Waals surface area contributed by atoms with Gasteiger partial charge in [0.2, 0.25) is 11.9 Å². The topological polar surface area (TPSA) is 120 Å². The number of amides is 2. The van der Waals surface area contributed by atoms with Crippen molar-refractivity contribution in [1.82, 2.24) is 26.5 Å². The molecule has 32 heavy (non-hydrogen) atoms. The highest BCUT2D eigenvalue weighted by atomic mass is 19.1. The molecule has 0 spiro atoms. The van der Waals surface area contributed by atoms with Crippen LogP contribution in [0, 0.1) is 5.82 Å². The SMILES string of the molecule is CC(=O)NCC1CN(c2ccc(-c3ccc(CNNC4=NCCN4)nc3)c(F)c2)C(=O)O1. The summed E-state index contributed by atoms with van der Waals surface area (Å²) < 4.78 is 20.1. The first-order chi connectivity index (χ1) is 15.5. The van der Waals surface area contributed by atoms with E-state index < -0.39 is 18.0 Å². The lowest BCUT2D eigenvalue weighted by Crippen LogP contribution is -2.42. The number of carbonyl (C=O) groups is 2. The molecule has 0 bridgehead atoms. The van der Waals surface area contributed by atoms with Crippen LogP contribution in [0.3, 0.4) is 0 Å². The number of ether oxygens (including phenoxy) is 1. The first-order valence-electron chi connectivity index (χ1n) is 10.2. The molecule has 4 N–H and O–H groups in total. The lowest BCUT2D eigenvalue weighted by atomic mass is 10.1. The van der Waals surface area contributed by atoms with Crippen LogP contribution < -0.4 is 26.4 Å². The number of halogens is 1. The van der Waals surface area contributed by atoms with E-state index in [0.29, 0.717) is 29.3 Å². The van der Waals surface area contributed by atoms with Crippen molar-refractivity contribution in [3.8, 4) is 11.1 Å². The molecule has 1 aromatic carbocycles. The number of hydrogen-bond donors (Lipinski definition) is 4. The summed E-state index contributed by atoms with van der Waals surface area (Å²) in [7, 11) is 0. The maximum atomic E-state index is 14.8. The number of rotatable bonds is 7. The number of cyclic esters (lactones) is 1. The van der Waals surface area contributed by atoms with Crippen molar-refractivity contribution < 1.29 is 18.7 Å². The Labute approximate surface area is 184 Å². The normalized spacial score (nSPS) is 17.6. The molecule has 3 heterocycles. The van der Waals surface area contributed by atoms with Gasteiger partial charge in [0.1, 0.15) is 11.9 Å². The molecule has 0 saturated carbocycles. The minimum Gasteiger partial charge on any atom is -0.442 e. The van der Waals surface area contributed by atoms with E-state index >= 15 is 0 Å². The molecule has 1 saturated heterocycles. The molecule has 2 aromatic rings. The van der Waals surface area contributed by atoms with Gasteiger partial charge in [-0.2, -0.15) is 0 Å². The molecule has 168 valence electrons. The van der Waals surface area contributed by atoms with Gasteiger partial charge in [0.15, 0.2) is 0 Å². The van der Waals surface area contributed by atoms with Crippen molar-refractivity contribution in [3.05, 3.63) is 48.0 Å². The molecular weight excluding hydrogens is 417 g/mol. The smallest absolute Gasteiger partial charge is 0.414 e. The lowest BCUT2D eigenvalue weighted by molar-refractivity contribution is -0.119. The van der Waals surface area contributed by atoms with Gasteiger partial charge in [0.05, 0.1) is 37.6 Å². The van der Waals surface area contributed by atoms with Crippen molar-refractivity contribution >= 4 is 23.6 Å². The second kappa shape index (κ2) is 9.60. The van der Waals surface area contributed by atoms with Crippen molar-refractivity contribution in [1.29, 1.82) is 0 Å². The summed E-state index contributed by atoms with van der Waals surface area (Å²) in [6, 6.07) is 8.17. The number of hydrogen-bond acceptors (Lipinski definition) is 8. The second-order valence-corrected chi connectivity index (χ2v) is 7.39. The lowest BCUT2D eigenvalue weighted by Gasteiger charge is -2.14. The predicted molar refractivity (Wildman–Crippen MR) is 116 cm³/mol. The summed E-state index contributed by atoms with van der Waals surface area (Å²) in [6.45, 7) is 3.87. The molecule has 2 aliphatic heterocycles. The van der Waals surface area contributed by atoms with Crippen molar-refractivity contribution in [2.24, 2.45) is 4.99 Å². The number of pyridine rings is 1. The maximum absolute atomic E-state index is 14.8. The van der Waals surface area contributed by atoms with Crippen molar-refractivity contribution in [2.75, 3.05) is 31.1 Å². The zero-order valence-corrected chi connectivity index (χ0v) is 17.5. The van der Waals surface area contributed by atoms with E-state index in [9.17, 15) is 14.0 Å². The number of nitrogens with zero attached hydrogens (tertiary/aromatic N) is 3. The average Bonchev–Trinajstić information content (AvgIpc) is 3.42. The highest BCUT2D eigenvalue weighted by Gasteiger charge is 2.32. The van der Waals surface area contributed by atoms with Crippen LogP contribution in [-0.2, 0) is 16.1 Å². The molecule has 0 radical (unpaired) electrons. The Morgan fingerprint density at radius 3 is 2.91 bits per heavy atom. The van der Waals surface area contributed by atoms with Crippen LogP contribution in [0.2, 0.25) is 0 Å². The monoisotopic (exact) mass is 441 g/mol. The van der Waals surface area contributed by atoms with Crippen LogP contribution in [0.1, 0.15) is 12.6 Å². The summed E-state index contributed by atoms with van der Waals surface area (Å²) in [4.78, 5) is 33.1. The Kier molecular flexibility index (Phi) is 6.45. The molecule has 4 rings (SSSR count). The summed E-state index contributed by atoms with van der Waals surface area (Å²) in [5.41, 5.74) is 8.17. The molecule has 2 aliphatic rings. The quantitative estimate of drug-likeness (QED) is 0.471. The van der Waals surface area contributed by atoms with Crippen LogP contribution in [-0.4, -0.2) is 55.2 Å². The van der Waals surface area contributed by atoms with E-state index in [0.717, 1.165) is 18.8 Å². The van der Waals surface area contributed by atoms with Crippen LogP contribution in [0.15, 0.2) is 41.5 Å². The third-order valence-electron chi connectivity index (χ3n) is 5.00. The summed E-state index contributed by atoms with van der Waals surface area (Å²) in [5.74, 6) is 0.0224. The highest BCUT2D eigenvalue weighted by molar-refractivity contribution is 5.90. The van der Waals surface area contributed by atoms with Crippen molar-refractivity contribution in [3.63, 3.8) is 0 Å². The fourth-order valence-corrected chi connectivity index (χ4v) is 3.39. The van der Waals surface area contributed by atoms with Crippen molar-refractivity contribution in [2.45, 2.75) is 19.6 Å². The Balaban J connectivity index is 1.37. The number of benzene rings is 1. The zero-order valence-electron chi connectivity index (χ0n) is 17.5. The molecule has 0 aliphatic carbocycles. The van der Waals surface area contributed by atoms with Gasteiger partial charge >= 0.3 is 6.09 Å². The van der Waals surface area contributed by atoms with Crippen LogP contribution in [0.25, 0.3) is 11.1 Å². The van der Waals surface area contributed by atoms with E-state index in [1.54, 1.807) is 24.4 Å². The van der Waals surface area contributed by atoms with E-state index in [1.165, 1.54) is 17.9 Å². The predicted octanol–water partition coefficient (Wildman–Crippen LogP) is 0.902. The molecule has 11 heteroatoms. The number of guanidine groups is 1. The largest absolute Gasteiger partial charge is 0.442 e. The fourth-order valence-electron chi connectivity index (χ4n) is 3.39. The van der Waals surface area contributed by atoms with Gasteiger partial charge in [-0.15, -0.1) is 0 Å². The minimum absolute atomic E-state index is 0.207. The number of nitrogens with one attached hydrogen (secondary N) is 4. The Bertz CT molecular complexity index is 1030. The Morgan fingerprint density at radius 2 is 2.22 bits per heavy atom. The Hall–Kier alpha value is -3.73. The second-order valence-electron chi connectivity index (χ2n) is 7.39. The molecule has 1 unspecified atom stereocenters. The van der Waals surface area contributed by atoms with Crippen LogP contribution >= 0.6 is 0 Å². The average molecular weight is 441 g/mol. The van der Waals surface area contributed by atoms with Gasteiger partial charge in [-0.1, -0.05) is 6.07 Å². The number of carbonyl (C=O) groups excluding carboxylic acids is 2. The van der Waals surface area contributed by atoms with Gasteiger partial charge < -0.3 is 15.4 Å². The Morgan fingerprint density at radius 1 is 1.34 bits per heavy atom. The third-order valence-corrected chi connectivity index (χ3v) is 5.00. The first kappa shape index (κ1) is 21.5. The molecule has 1 aromatic heterocycles. The van der Waals surface area contributed by atoms with E-state index in [-0.39, 0.29) is 19.0 Å². The number of aromatic nitrogens is 1. The van der Waals surface area contributed by atoms with E-state index in [2.05, 4.69) is 31.5 Å². The van der Waals surface area contributed by atoms with Crippen LogP contribution in [0.5, 0.6) is 0 Å². The molecular formula is C21H24FN7O3. The molecule has 1 fully saturated rings. The van der Waals surface area contributed by atoms with E-state index in [1.807, 2.05) is 6.07 Å². The fraction of sp³-hybridized carbons (Fsp3) is 0.333. The van der Waals surface area contributed by atoms with Gasteiger partial charge in [-0.3, -0.25) is 25.1 Å².